The molecule has 0 spiro atoms. The molecule has 1 fully saturated rings. The van der Waals surface area contributed by atoms with Gasteiger partial charge in [-0.1, -0.05) is 23.7 Å². The van der Waals surface area contributed by atoms with Gasteiger partial charge in [-0.15, -0.1) is 0 Å². The summed E-state index contributed by atoms with van der Waals surface area (Å²) in [6.45, 7) is 6.41. The second-order valence-corrected chi connectivity index (χ2v) is 8.19. The summed E-state index contributed by atoms with van der Waals surface area (Å²) in [5, 5.41) is 7.22. The van der Waals surface area contributed by atoms with Crippen molar-refractivity contribution in [2.45, 2.75) is 39.2 Å². The van der Waals surface area contributed by atoms with Crippen molar-refractivity contribution < 1.29 is 9.53 Å². The summed E-state index contributed by atoms with van der Waals surface area (Å²) in [6.07, 6.45) is 3.87. The highest BCUT2D eigenvalue weighted by Crippen LogP contribution is 2.24. The van der Waals surface area contributed by atoms with E-state index < -0.39 is 5.97 Å². The van der Waals surface area contributed by atoms with Gasteiger partial charge < -0.3 is 20.3 Å². The van der Waals surface area contributed by atoms with Gasteiger partial charge in [0.05, 0.1) is 23.2 Å². The fourth-order valence-corrected chi connectivity index (χ4v) is 4.09. The second kappa shape index (κ2) is 10.6. The summed E-state index contributed by atoms with van der Waals surface area (Å²) in [6, 6.07) is 13.8. The number of nitrogens with zero attached hydrogens (tertiary/aromatic N) is 1. The molecule has 160 valence electrons. The van der Waals surface area contributed by atoms with Crippen LogP contribution in [0.25, 0.3) is 0 Å². The predicted octanol–water partition coefficient (Wildman–Crippen LogP) is 5.55. The number of thiocarbonyl (C=S) groups is 1. The zero-order valence-electron chi connectivity index (χ0n) is 17.4. The average Bonchev–Trinajstić information content (AvgIpc) is 2.74. The number of carbonyl (C=O) groups is 1. The molecule has 0 aliphatic carbocycles. The predicted molar refractivity (Wildman–Crippen MR) is 128 cm³/mol. The fraction of sp³-hybridized carbons (Fsp3) is 0.391. The van der Waals surface area contributed by atoms with E-state index in [1.807, 2.05) is 0 Å². The third-order valence-electron chi connectivity index (χ3n) is 5.18. The lowest BCUT2D eigenvalue weighted by atomic mass is 10.1. The number of piperidine rings is 1. The number of rotatable bonds is 6. The van der Waals surface area contributed by atoms with Crippen LogP contribution in [-0.4, -0.2) is 30.8 Å². The third kappa shape index (κ3) is 5.86. The summed E-state index contributed by atoms with van der Waals surface area (Å²) in [5.74, 6) is -0.434. The summed E-state index contributed by atoms with van der Waals surface area (Å²) in [7, 11) is 0. The summed E-state index contributed by atoms with van der Waals surface area (Å²) in [4.78, 5) is 14.3. The summed E-state index contributed by atoms with van der Waals surface area (Å²) in [5.41, 5.74) is 3.49. The van der Waals surface area contributed by atoms with Gasteiger partial charge in [-0.3, -0.25) is 0 Å². The van der Waals surface area contributed by atoms with Gasteiger partial charge in [-0.2, -0.15) is 0 Å². The Morgan fingerprint density at radius 1 is 1.17 bits per heavy atom. The molecule has 0 radical (unpaired) electrons. The Labute approximate surface area is 188 Å². The molecule has 5 nitrogen and oxygen atoms in total. The van der Waals surface area contributed by atoms with Crippen LogP contribution >= 0.6 is 23.8 Å². The Bertz CT molecular complexity index is 883. The molecule has 1 aliphatic rings. The number of hydrogen-bond acceptors (Lipinski definition) is 4. The number of halogens is 1. The first kappa shape index (κ1) is 22.4. The first-order valence-corrected chi connectivity index (χ1v) is 11.2. The molecule has 3 rings (SSSR count). The lowest BCUT2D eigenvalue weighted by Gasteiger charge is -2.29. The molecule has 0 saturated carbocycles. The van der Waals surface area contributed by atoms with Crippen LogP contribution in [0.2, 0.25) is 5.02 Å². The average molecular weight is 446 g/mol. The Hall–Kier alpha value is -2.31. The Morgan fingerprint density at radius 2 is 1.87 bits per heavy atom. The van der Waals surface area contributed by atoms with Crippen molar-refractivity contribution in [2.75, 3.05) is 29.9 Å². The van der Waals surface area contributed by atoms with E-state index >= 15 is 0 Å². The van der Waals surface area contributed by atoms with Gasteiger partial charge in [-0.25, -0.2) is 4.79 Å². The zero-order valence-corrected chi connectivity index (χ0v) is 19.0. The zero-order chi connectivity index (χ0) is 21.5. The first-order chi connectivity index (χ1) is 14.5. The normalized spacial score (nSPS) is 14.7. The Morgan fingerprint density at radius 3 is 2.50 bits per heavy atom. The maximum atomic E-state index is 11.9. The van der Waals surface area contributed by atoms with Gasteiger partial charge in [0.15, 0.2) is 5.11 Å². The number of anilines is 2. The van der Waals surface area contributed by atoms with Crippen molar-refractivity contribution in [3.63, 3.8) is 0 Å². The molecule has 0 amide bonds. The molecule has 1 heterocycles. The van der Waals surface area contributed by atoms with E-state index in [-0.39, 0.29) is 6.04 Å². The van der Waals surface area contributed by atoms with E-state index in [4.69, 9.17) is 28.6 Å². The van der Waals surface area contributed by atoms with Gasteiger partial charge in [0.1, 0.15) is 0 Å². The molecule has 0 unspecified atom stereocenters. The molecule has 0 aromatic heterocycles. The molecular formula is C23H28ClN3O2S. The number of hydrogen-bond donors (Lipinski definition) is 2. The second-order valence-electron chi connectivity index (χ2n) is 7.37. The number of ether oxygens (including phenoxy) is 1. The molecule has 2 aromatic rings. The largest absolute Gasteiger partial charge is 0.462 e. The lowest BCUT2D eigenvalue weighted by molar-refractivity contribution is 0.0526. The van der Waals surface area contributed by atoms with Crippen LogP contribution in [-0.2, 0) is 4.74 Å². The molecule has 7 heteroatoms. The van der Waals surface area contributed by atoms with Crippen molar-refractivity contribution >= 4 is 46.3 Å². The number of esters is 1. The van der Waals surface area contributed by atoms with E-state index in [0.29, 0.717) is 28.0 Å². The van der Waals surface area contributed by atoms with Gasteiger partial charge >= 0.3 is 5.97 Å². The molecule has 2 N–H and O–H groups in total. The minimum atomic E-state index is -0.434. The van der Waals surface area contributed by atoms with Crippen molar-refractivity contribution in [1.82, 2.24) is 5.32 Å². The van der Waals surface area contributed by atoms with Crippen LogP contribution in [0, 0.1) is 0 Å². The van der Waals surface area contributed by atoms with E-state index in [1.54, 1.807) is 25.1 Å². The third-order valence-corrected chi connectivity index (χ3v) is 5.72. The molecule has 1 aliphatic heterocycles. The quantitative estimate of drug-likeness (QED) is 0.448. The van der Waals surface area contributed by atoms with Crippen LogP contribution in [0.3, 0.4) is 0 Å². The highest BCUT2D eigenvalue weighted by atomic mass is 35.5. The first-order valence-electron chi connectivity index (χ1n) is 10.4. The number of benzene rings is 2. The molecule has 1 atom stereocenters. The van der Waals surface area contributed by atoms with Crippen LogP contribution in [0.15, 0.2) is 42.5 Å². The van der Waals surface area contributed by atoms with Crippen LogP contribution in [0.1, 0.15) is 55.1 Å². The van der Waals surface area contributed by atoms with Crippen molar-refractivity contribution in [3.05, 3.63) is 58.6 Å². The lowest BCUT2D eigenvalue weighted by Crippen LogP contribution is -2.31. The van der Waals surface area contributed by atoms with Crippen molar-refractivity contribution in [2.24, 2.45) is 0 Å². The monoisotopic (exact) mass is 445 g/mol. The van der Waals surface area contributed by atoms with Crippen LogP contribution in [0.4, 0.5) is 11.4 Å². The minimum absolute atomic E-state index is 0.0506. The molecule has 2 aromatic carbocycles. The molecular weight excluding hydrogens is 418 g/mol. The van der Waals surface area contributed by atoms with Crippen LogP contribution < -0.4 is 15.5 Å². The Balaban J connectivity index is 1.56. The smallest absolute Gasteiger partial charge is 0.339 e. The van der Waals surface area contributed by atoms with Crippen molar-refractivity contribution in [1.29, 1.82) is 0 Å². The highest BCUT2D eigenvalue weighted by Gasteiger charge is 2.14. The topological polar surface area (TPSA) is 53.6 Å². The number of nitrogens with one attached hydrogen (secondary N) is 2. The highest BCUT2D eigenvalue weighted by molar-refractivity contribution is 7.80. The van der Waals surface area contributed by atoms with E-state index in [0.717, 1.165) is 18.7 Å². The van der Waals surface area contributed by atoms with Crippen LogP contribution in [0.5, 0.6) is 0 Å². The molecule has 0 bridgehead atoms. The summed E-state index contributed by atoms with van der Waals surface area (Å²) >= 11 is 11.7. The van der Waals surface area contributed by atoms with Gasteiger partial charge in [-0.05, 0) is 81.2 Å². The Kier molecular flexibility index (Phi) is 7.94. The van der Waals surface area contributed by atoms with Crippen molar-refractivity contribution in [3.8, 4) is 0 Å². The van der Waals surface area contributed by atoms with Gasteiger partial charge in [0, 0.05) is 24.5 Å². The SMILES string of the molecule is CCOC(=O)c1ccc(NC(=S)N[C@@H](C)c2ccc(N3CCCCC3)cc2)cc1Cl. The van der Waals surface area contributed by atoms with E-state index in [9.17, 15) is 4.79 Å². The van der Waals surface area contributed by atoms with Gasteiger partial charge in [0.25, 0.3) is 0 Å². The van der Waals surface area contributed by atoms with Gasteiger partial charge in [0.2, 0.25) is 0 Å². The molecule has 1 saturated heterocycles. The van der Waals surface area contributed by atoms with E-state index in [1.165, 1.54) is 24.9 Å². The number of carbonyl (C=O) groups excluding carboxylic acids is 1. The maximum absolute atomic E-state index is 11.9. The summed E-state index contributed by atoms with van der Waals surface area (Å²) < 4.78 is 4.99. The standard InChI is InChI=1S/C23H28ClN3O2S/c1-3-29-22(28)20-12-9-18(15-21(20)24)26-23(30)25-16(2)17-7-10-19(11-8-17)27-13-5-4-6-14-27/h7-12,15-16H,3-6,13-14H2,1-2H3,(H2,25,26,30)/t16-/m0/s1. The van der Waals surface area contributed by atoms with E-state index in [2.05, 4.69) is 46.7 Å². The minimum Gasteiger partial charge on any atom is -0.462 e. The maximum Gasteiger partial charge on any atom is 0.339 e. The fourth-order valence-electron chi connectivity index (χ4n) is 3.54. The molecule has 30 heavy (non-hydrogen) atoms.